The van der Waals surface area contributed by atoms with Gasteiger partial charge in [-0.3, -0.25) is 0 Å². The zero-order chi connectivity index (χ0) is 22.8. The van der Waals surface area contributed by atoms with Crippen LogP contribution in [0.2, 0.25) is 5.02 Å². The molecule has 0 spiro atoms. The number of hydrogen-bond acceptors (Lipinski definition) is 9. The molecular weight excluding hydrogens is 460 g/mol. The second-order valence-electron chi connectivity index (χ2n) is 7.50. The average molecular weight is 479 g/mol. The number of aliphatic hydroxyl groups is 1. The molecule has 0 fully saturated rings. The lowest BCUT2D eigenvalue weighted by molar-refractivity contribution is 0.122. The second kappa shape index (κ2) is 8.78. The molecule has 33 heavy (non-hydrogen) atoms. The number of fused-ring (bicyclic) bond motifs is 1. The Kier molecular flexibility index (Phi) is 5.68. The number of thiazole rings is 1. The largest absolute Gasteiger partial charge is 0.371 e. The van der Waals surface area contributed by atoms with Crippen LogP contribution in [-0.4, -0.2) is 41.4 Å². The van der Waals surface area contributed by atoms with Crippen molar-refractivity contribution in [3.05, 3.63) is 64.0 Å². The van der Waals surface area contributed by atoms with Crippen LogP contribution in [0.5, 0.6) is 0 Å². The standard InChI is InChI=1S/C22H19ClN8OS/c1-22(32,20-25-9-12-33-20)6-3-16-14-19-30(10-2-11-31(19)29-16)18-5-8-26-21(28-18)27-17-13-15(23)4-7-24-17/h4-5,7-9,12-14,32H,2,10-11H2,1H3,(H,24,26,27,28). The number of nitrogens with zero attached hydrogens (tertiary/aromatic N) is 7. The van der Waals surface area contributed by atoms with E-state index in [1.807, 2.05) is 22.2 Å². The zero-order valence-corrected chi connectivity index (χ0v) is 19.2. The molecular formula is C22H19ClN8OS. The fourth-order valence-electron chi connectivity index (χ4n) is 3.43. The summed E-state index contributed by atoms with van der Waals surface area (Å²) in [6.45, 7) is 3.19. The van der Waals surface area contributed by atoms with Gasteiger partial charge in [-0.2, -0.15) is 10.1 Å². The van der Waals surface area contributed by atoms with E-state index in [9.17, 15) is 5.11 Å². The molecule has 1 unspecified atom stereocenters. The van der Waals surface area contributed by atoms with E-state index < -0.39 is 5.60 Å². The summed E-state index contributed by atoms with van der Waals surface area (Å²) < 4.78 is 1.90. The van der Waals surface area contributed by atoms with E-state index in [-0.39, 0.29) is 0 Å². The molecule has 1 atom stereocenters. The van der Waals surface area contributed by atoms with Gasteiger partial charge in [0.15, 0.2) is 5.60 Å². The highest BCUT2D eigenvalue weighted by Gasteiger charge is 2.24. The van der Waals surface area contributed by atoms with E-state index in [0.29, 0.717) is 27.5 Å². The highest BCUT2D eigenvalue weighted by Crippen LogP contribution is 2.29. The van der Waals surface area contributed by atoms with Crippen molar-refractivity contribution in [1.82, 2.24) is 29.7 Å². The van der Waals surface area contributed by atoms with Crippen LogP contribution < -0.4 is 10.2 Å². The van der Waals surface area contributed by atoms with Gasteiger partial charge in [-0.15, -0.1) is 11.3 Å². The minimum Gasteiger partial charge on any atom is -0.371 e. The molecule has 0 saturated carbocycles. The van der Waals surface area contributed by atoms with Crippen LogP contribution in [0.4, 0.5) is 23.4 Å². The Morgan fingerprint density at radius 2 is 2.03 bits per heavy atom. The number of nitrogens with one attached hydrogen (secondary N) is 1. The molecule has 0 aromatic carbocycles. The fourth-order valence-corrected chi connectivity index (χ4v) is 4.24. The molecule has 5 rings (SSSR count). The zero-order valence-electron chi connectivity index (χ0n) is 17.6. The molecule has 166 valence electrons. The van der Waals surface area contributed by atoms with Gasteiger partial charge in [0, 0.05) is 48.1 Å². The van der Waals surface area contributed by atoms with Gasteiger partial charge in [0.2, 0.25) is 5.95 Å². The third-order valence-electron chi connectivity index (χ3n) is 4.95. The van der Waals surface area contributed by atoms with Crippen molar-refractivity contribution in [2.24, 2.45) is 0 Å². The smallest absolute Gasteiger partial charge is 0.230 e. The molecule has 11 heteroatoms. The highest BCUT2D eigenvalue weighted by atomic mass is 35.5. The predicted molar refractivity (Wildman–Crippen MR) is 127 cm³/mol. The Bertz CT molecular complexity index is 1340. The molecule has 0 amide bonds. The number of pyridine rings is 1. The average Bonchev–Trinajstić information content (AvgIpc) is 3.48. The Balaban J connectivity index is 1.41. The molecule has 1 aliphatic rings. The van der Waals surface area contributed by atoms with Crippen molar-refractivity contribution in [2.75, 3.05) is 16.8 Å². The number of rotatable bonds is 4. The number of halogens is 1. The van der Waals surface area contributed by atoms with Crippen LogP contribution in [-0.2, 0) is 12.1 Å². The molecule has 0 radical (unpaired) electrons. The Morgan fingerprint density at radius 1 is 1.15 bits per heavy atom. The number of aryl methyl sites for hydroxylation is 1. The van der Waals surface area contributed by atoms with E-state index >= 15 is 0 Å². The molecule has 4 aromatic rings. The SMILES string of the molecule is CC(O)(C#Cc1cc2n(n1)CCCN2c1ccnc(Nc2cc(Cl)ccn2)n1)c1nccs1. The first-order valence-corrected chi connectivity index (χ1v) is 11.5. The molecule has 0 aliphatic carbocycles. The van der Waals surface area contributed by atoms with Crippen molar-refractivity contribution in [3.8, 4) is 11.8 Å². The minimum atomic E-state index is -1.33. The maximum absolute atomic E-state index is 10.6. The van der Waals surface area contributed by atoms with Crippen molar-refractivity contribution in [1.29, 1.82) is 0 Å². The normalized spacial score (nSPS) is 14.7. The van der Waals surface area contributed by atoms with Gasteiger partial charge in [0.25, 0.3) is 0 Å². The molecule has 0 bridgehead atoms. The first-order valence-electron chi connectivity index (χ1n) is 10.2. The van der Waals surface area contributed by atoms with E-state index in [4.69, 9.17) is 11.6 Å². The minimum absolute atomic E-state index is 0.415. The maximum Gasteiger partial charge on any atom is 0.230 e. The number of hydrogen-bond donors (Lipinski definition) is 2. The van der Waals surface area contributed by atoms with Crippen molar-refractivity contribution >= 4 is 46.3 Å². The molecule has 5 heterocycles. The highest BCUT2D eigenvalue weighted by molar-refractivity contribution is 7.09. The topological polar surface area (TPSA) is 105 Å². The summed E-state index contributed by atoms with van der Waals surface area (Å²) in [5.41, 5.74) is -0.760. The first-order chi connectivity index (χ1) is 16.0. The fraction of sp³-hybridized carbons (Fsp3) is 0.227. The summed E-state index contributed by atoms with van der Waals surface area (Å²) in [6.07, 6.45) is 5.86. The molecule has 1 aliphatic heterocycles. The third-order valence-corrected chi connectivity index (χ3v) is 6.17. The Morgan fingerprint density at radius 3 is 2.85 bits per heavy atom. The van der Waals surface area contributed by atoms with Gasteiger partial charge in [0.05, 0.1) is 0 Å². The summed E-state index contributed by atoms with van der Waals surface area (Å²) >= 11 is 7.40. The summed E-state index contributed by atoms with van der Waals surface area (Å²) in [5, 5.41) is 21.2. The summed E-state index contributed by atoms with van der Waals surface area (Å²) in [7, 11) is 0. The third kappa shape index (κ3) is 4.66. The van der Waals surface area contributed by atoms with Crippen LogP contribution in [0.25, 0.3) is 0 Å². The van der Waals surface area contributed by atoms with Crippen molar-refractivity contribution in [3.63, 3.8) is 0 Å². The van der Waals surface area contributed by atoms with Gasteiger partial charge in [-0.05, 0) is 37.5 Å². The predicted octanol–water partition coefficient (Wildman–Crippen LogP) is 3.72. The van der Waals surface area contributed by atoms with Gasteiger partial charge >= 0.3 is 0 Å². The van der Waals surface area contributed by atoms with Crippen LogP contribution in [0.1, 0.15) is 24.0 Å². The molecule has 4 aromatic heterocycles. The quantitative estimate of drug-likeness (QED) is 0.427. The van der Waals surface area contributed by atoms with Crippen LogP contribution in [0, 0.1) is 11.8 Å². The van der Waals surface area contributed by atoms with Gasteiger partial charge < -0.3 is 15.3 Å². The lowest BCUT2D eigenvalue weighted by atomic mass is 10.1. The van der Waals surface area contributed by atoms with Crippen LogP contribution >= 0.6 is 22.9 Å². The van der Waals surface area contributed by atoms with Gasteiger partial charge in [0.1, 0.15) is 28.2 Å². The van der Waals surface area contributed by atoms with Crippen LogP contribution in [0.3, 0.4) is 0 Å². The van der Waals surface area contributed by atoms with Crippen LogP contribution in [0.15, 0.2) is 48.2 Å². The van der Waals surface area contributed by atoms with E-state index in [0.717, 1.165) is 31.1 Å². The summed E-state index contributed by atoms with van der Waals surface area (Å²) in [6, 6.07) is 7.16. The van der Waals surface area contributed by atoms with Crippen molar-refractivity contribution < 1.29 is 5.11 Å². The molecule has 0 saturated heterocycles. The maximum atomic E-state index is 10.6. The molecule has 2 N–H and O–H groups in total. The number of aromatic nitrogens is 6. The first kappa shape index (κ1) is 21.3. The summed E-state index contributed by atoms with van der Waals surface area (Å²) in [5.74, 6) is 8.47. The van der Waals surface area contributed by atoms with E-state index in [1.54, 1.807) is 37.6 Å². The Hall–Kier alpha value is -3.52. The lowest BCUT2D eigenvalue weighted by Gasteiger charge is -2.28. The van der Waals surface area contributed by atoms with Crippen molar-refractivity contribution in [2.45, 2.75) is 25.5 Å². The Labute approximate surface area is 199 Å². The second-order valence-corrected chi connectivity index (χ2v) is 8.83. The van der Waals surface area contributed by atoms with E-state index in [1.165, 1.54) is 11.3 Å². The van der Waals surface area contributed by atoms with Gasteiger partial charge in [-0.1, -0.05) is 17.5 Å². The number of anilines is 4. The summed E-state index contributed by atoms with van der Waals surface area (Å²) in [4.78, 5) is 19.4. The molecule has 9 nitrogen and oxygen atoms in total. The monoisotopic (exact) mass is 478 g/mol. The lowest BCUT2D eigenvalue weighted by Crippen LogP contribution is -2.28. The van der Waals surface area contributed by atoms with E-state index in [2.05, 4.69) is 47.1 Å². The van der Waals surface area contributed by atoms with Gasteiger partial charge in [-0.25, -0.2) is 19.6 Å².